The number of fused-ring (bicyclic) bond motifs is 1. The second-order valence-electron chi connectivity index (χ2n) is 7.53. The largest absolute Gasteiger partial charge is 0.397 e. The first-order valence-electron chi connectivity index (χ1n) is 8.85. The first-order valence-corrected chi connectivity index (χ1v) is 12.4. The Labute approximate surface area is 170 Å². The lowest BCUT2D eigenvalue weighted by molar-refractivity contribution is 0.846. The lowest BCUT2D eigenvalue weighted by Crippen LogP contribution is -2.32. The van der Waals surface area contributed by atoms with Crippen molar-refractivity contribution in [3.63, 3.8) is 0 Å². The first kappa shape index (κ1) is 19.8. The van der Waals surface area contributed by atoms with Gasteiger partial charge in [0.25, 0.3) is 0 Å². The van der Waals surface area contributed by atoms with Crippen LogP contribution in [0.3, 0.4) is 0 Å². The summed E-state index contributed by atoms with van der Waals surface area (Å²) in [6.45, 7) is 6.53. The van der Waals surface area contributed by atoms with E-state index in [-0.39, 0.29) is 23.0 Å². The zero-order chi connectivity index (χ0) is 21.2. The second kappa shape index (κ2) is 7.55. The number of anilines is 3. The van der Waals surface area contributed by atoms with Gasteiger partial charge in [-0.15, -0.1) is 5.54 Å². The lowest BCUT2D eigenvalue weighted by atomic mass is 9.94. The van der Waals surface area contributed by atoms with Crippen molar-refractivity contribution in [1.82, 2.24) is 10.3 Å². The molecule has 144 valence electrons. The minimum atomic E-state index is -1.53. The molecular weight excluding hydrogens is 380 g/mol. The molecule has 8 nitrogen and oxygen atoms in total. The van der Waals surface area contributed by atoms with Gasteiger partial charge in [-0.25, -0.2) is 9.98 Å². The smallest absolute Gasteiger partial charge is 0.211 e. The minimum Gasteiger partial charge on any atom is -0.397 e. The number of nitrogen functional groups attached to an aromatic ring is 2. The van der Waals surface area contributed by atoms with Gasteiger partial charge in [0, 0.05) is 11.1 Å². The van der Waals surface area contributed by atoms with Gasteiger partial charge in [0.1, 0.15) is 37.4 Å². The molecule has 29 heavy (non-hydrogen) atoms. The molecule has 2 heterocycles. The van der Waals surface area contributed by atoms with Gasteiger partial charge in [-0.05, 0) is 17.7 Å². The summed E-state index contributed by atoms with van der Waals surface area (Å²) < 4.78 is 0. The van der Waals surface area contributed by atoms with Gasteiger partial charge in [-0.2, -0.15) is 10.5 Å². The Morgan fingerprint density at radius 1 is 1.21 bits per heavy atom. The van der Waals surface area contributed by atoms with Gasteiger partial charge >= 0.3 is 0 Å². The third-order valence-corrected chi connectivity index (χ3v) is 5.02. The standard InChI is InChI=1S/C20H20N8Si/c1-29(2,3)8-7-12-5-4-6-13(9-12)17-15-16(23)14(10-21)18(24)27-19(15)28-20(26-17)25-11-22/h4-6,9,17H,1-3H3,(H6,23,24,25,26,27,28). The predicted octanol–water partition coefficient (Wildman–Crippen LogP) is 2.29. The Morgan fingerprint density at radius 2 is 1.97 bits per heavy atom. The number of rotatable bonds is 1. The Kier molecular flexibility index (Phi) is 5.14. The van der Waals surface area contributed by atoms with Crippen molar-refractivity contribution >= 4 is 31.4 Å². The Bertz CT molecular complexity index is 1150. The van der Waals surface area contributed by atoms with Crippen LogP contribution in [0.5, 0.6) is 0 Å². The highest BCUT2D eigenvalue weighted by Crippen LogP contribution is 2.40. The number of aromatic nitrogens is 1. The third-order valence-electron chi connectivity index (χ3n) is 4.14. The molecule has 0 saturated carbocycles. The van der Waals surface area contributed by atoms with E-state index in [1.165, 1.54) is 0 Å². The predicted molar refractivity (Wildman–Crippen MR) is 116 cm³/mol. The molecule has 2 aromatic rings. The van der Waals surface area contributed by atoms with Crippen LogP contribution in [-0.2, 0) is 0 Å². The number of guanidine groups is 1. The van der Waals surface area contributed by atoms with Crippen LogP contribution < -0.4 is 22.1 Å². The zero-order valence-corrected chi connectivity index (χ0v) is 17.3. The summed E-state index contributed by atoms with van der Waals surface area (Å²) in [5.41, 5.74) is 18.0. The van der Waals surface area contributed by atoms with Gasteiger partial charge in [0.05, 0.1) is 5.69 Å². The fraction of sp³-hybridized carbons (Fsp3) is 0.200. The third kappa shape index (κ3) is 4.13. The molecule has 1 aliphatic heterocycles. The topological polar surface area (TPSA) is 149 Å². The maximum absolute atomic E-state index is 9.41. The molecule has 1 aliphatic rings. The number of benzene rings is 1. The van der Waals surface area contributed by atoms with Crippen molar-refractivity contribution in [1.29, 1.82) is 10.5 Å². The molecule has 1 unspecified atom stereocenters. The summed E-state index contributed by atoms with van der Waals surface area (Å²) in [6, 6.07) is 9.08. The van der Waals surface area contributed by atoms with Gasteiger partial charge in [-0.3, -0.25) is 5.32 Å². The van der Waals surface area contributed by atoms with Crippen LogP contribution in [0.4, 0.5) is 17.3 Å². The highest BCUT2D eigenvalue weighted by molar-refractivity contribution is 6.83. The fourth-order valence-corrected chi connectivity index (χ4v) is 3.39. The Morgan fingerprint density at radius 3 is 2.62 bits per heavy atom. The number of hydrogen-bond donors (Lipinski definition) is 4. The van der Waals surface area contributed by atoms with Gasteiger partial charge in [0.2, 0.25) is 5.96 Å². The number of nitrogens with zero attached hydrogens (tertiary/aromatic N) is 4. The SMILES string of the molecule is C[Si](C)(C)C#Cc1cccc(C2N=C(NC#N)Nc3nc(N)c(C#N)c(N)c32)c1. The van der Waals surface area contributed by atoms with E-state index in [1.54, 1.807) is 0 Å². The van der Waals surface area contributed by atoms with Crippen molar-refractivity contribution in [2.75, 3.05) is 16.8 Å². The monoisotopic (exact) mass is 400 g/mol. The first-order chi connectivity index (χ1) is 13.7. The van der Waals surface area contributed by atoms with Crippen molar-refractivity contribution < 1.29 is 0 Å². The van der Waals surface area contributed by atoms with Crippen LogP contribution >= 0.6 is 0 Å². The molecule has 6 N–H and O–H groups in total. The summed E-state index contributed by atoms with van der Waals surface area (Å²) >= 11 is 0. The van der Waals surface area contributed by atoms with E-state index in [0.717, 1.165) is 11.1 Å². The molecule has 9 heteroatoms. The number of nitrogens with one attached hydrogen (secondary N) is 2. The van der Waals surface area contributed by atoms with Crippen LogP contribution in [0.2, 0.25) is 19.6 Å². The Balaban J connectivity index is 2.18. The molecule has 0 saturated heterocycles. The van der Waals surface area contributed by atoms with Crippen LogP contribution in [0, 0.1) is 34.3 Å². The van der Waals surface area contributed by atoms with Gasteiger partial charge in [-0.1, -0.05) is 37.7 Å². The van der Waals surface area contributed by atoms with Crippen molar-refractivity contribution in [3.05, 3.63) is 46.5 Å². The number of aliphatic imine (C=N–C) groups is 1. The molecule has 0 radical (unpaired) electrons. The van der Waals surface area contributed by atoms with E-state index in [2.05, 4.69) is 51.7 Å². The van der Waals surface area contributed by atoms with Crippen LogP contribution in [0.25, 0.3) is 0 Å². The summed E-state index contributed by atoms with van der Waals surface area (Å²) in [6.07, 6.45) is 1.84. The molecule has 1 atom stereocenters. The average Bonchev–Trinajstić information content (AvgIpc) is 2.66. The van der Waals surface area contributed by atoms with E-state index in [4.69, 9.17) is 16.7 Å². The lowest BCUT2D eigenvalue weighted by Gasteiger charge is -2.26. The number of pyridine rings is 1. The molecular formula is C20H20N8Si. The Hall–Kier alpha value is -4.00. The highest BCUT2D eigenvalue weighted by Gasteiger charge is 2.29. The molecule has 0 spiro atoms. The summed E-state index contributed by atoms with van der Waals surface area (Å²) in [4.78, 5) is 8.82. The maximum Gasteiger partial charge on any atom is 0.211 e. The molecule has 0 amide bonds. The summed E-state index contributed by atoms with van der Waals surface area (Å²) in [5, 5.41) is 23.8. The van der Waals surface area contributed by atoms with E-state index in [0.29, 0.717) is 11.4 Å². The van der Waals surface area contributed by atoms with Crippen LogP contribution in [0.1, 0.15) is 28.3 Å². The van der Waals surface area contributed by atoms with Gasteiger partial charge < -0.3 is 16.8 Å². The summed E-state index contributed by atoms with van der Waals surface area (Å²) in [5.74, 6) is 3.83. The molecule has 0 bridgehead atoms. The van der Waals surface area contributed by atoms with Crippen molar-refractivity contribution in [2.24, 2.45) is 4.99 Å². The van der Waals surface area contributed by atoms with Crippen molar-refractivity contribution in [2.45, 2.75) is 25.7 Å². The van der Waals surface area contributed by atoms with E-state index < -0.39 is 14.1 Å². The van der Waals surface area contributed by atoms with E-state index in [9.17, 15) is 5.26 Å². The minimum absolute atomic E-state index is 0.0166. The van der Waals surface area contributed by atoms with Crippen LogP contribution in [0.15, 0.2) is 29.3 Å². The molecule has 1 aromatic heterocycles. The van der Waals surface area contributed by atoms with E-state index >= 15 is 0 Å². The summed E-state index contributed by atoms with van der Waals surface area (Å²) in [7, 11) is -1.53. The van der Waals surface area contributed by atoms with E-state index in [1.807, 2.05) is 36.5 Å². The highest BCUT2D eigenvalue weighted by atomic mass is 28.3. The molecule has 0 aliphatic carbocycles. The maximum atomic E-state index is 9.41. The number of nitriles is 2. The number of hydrogen-bond acceptors (Lipinski definition) is 8. The van der Waals surface area contributed by atoms with Crippen molar-refractivity contribution in [3.8, 4) is 23.7 Å². The van der Waals surface area contributed by atoms with Gasteiger partial charge in [0.15, 0.2) is 6.19 Å². The number of nitrogens with two attached hydrogens (primary N) is 2. The molecule has 1 aromatic carbocycles. The fourth-order valence-electron chi connectivity index (χ4n) is 2.87. The van der Waals surface area contributed by atoms with Crippen LogP contribution in [-0.4, -0.2) is 19.0 Å². The second-order valence-corrected chi connectivity index (χ2v) is 12.3. The average molecular weight is 401 g/mol. The molecule has 0 fully saturated rings. The zero-order valence-electron chi connectivity index (χ0n) is 16.3. The molecule has 3 rings (SSSR count). The quantitative estimate of drug-likeness (QED) is 0.248. The normalized spacial score (nSPS) is 14.8.